The predicted octanol–water partition coefficient (Wildman–Crippen LogP) is 5.09. The molecular formula is C38H44F5N5O10S. The van der Waals surface area contributed by atoms with Gasteiger partial charge in [-0.25, -0.2) is 18.2 Å². The zero-order chi connectivity index (χ0) is 43.0. The number of nitrogens with one attached hydrogen (secondary N) is 2. The molecule has 1 saturated heterocycles. The molecule has 1 aromatic heterocycles. The molecule has 322 valence electrons. The number of pyridine rings is 1. The number of ether oxygens (including phenoxy) is 3. The van der Waals surface area contributed by atoms with Crippen molar-refractivity contribution in [2.75, 3.05) is 6.54 Å². The summed E-state index contributed by atoms with van der Waals surface area (Å²) < 4.78 is 115. The number of nitrogens with zero attached hydrogens (tertiary/aromatic N) is 3. The third-order valence-electron chi connectivity index (χ3n) is 11.9. The number of hydrogen-bond acceptors (Lipinski definition) is 10. The van der Waals surface area contributed by atoms with Crippen molar-refractivity contribution in [2.24, 2.45) is 17.8 Å². The van der Waals surface area contributed by atoms with Gasteiger partial charge in [0.25, 0.3) is 5.91 Å². The molecule has 0 unspecified atom stereocenters. The lowest BCUT2D eigenvalue weighted by Crippen LogP contribution is -2.66. The number of sulfonamides is 1. The number of amides is 4. The summed E-state index contributed by atoms with van der Waals surface area (Å²) in [6.45, 7) is 4.07. The summed E-state index contributed by atoms with van der Waals surface area (Å²) >= 11 is 0. The molecule has 1 aromatic carbocycles. The lowest BCUT2D eigenvalue weighted by Gasteiger charge is -2.45. The first-order chi connectivity index (χ1) is 27.5. The van der Waals surface area contributed by atoms with Crippen LogP contribution in [-0.4, -0.2) is 106 Å². The first kappa shape index (κ1) is 42.2. The number of carbonyl (C=O) groups excluding carboxylic acids is 3. The van der Waals surface area contributed by atoms with Crippen molar-refractivity contribution in [2.45, 2.75) is 120 Å². The van der Waals surface area contributed by atoms with Gasteiger partial charge in [-0.15, -0.1) is 8.78 Å². The molecule has 4 heterocycles. The third-order valence-corrected chi connectivity index (χ3v) is 13.7. The average Bonchev–Trinajstić information content (AvgIpc) is 4.03. The standard InChI is InChI=1S/C38H44F5N5O10S/c1-19-7-5-6-8-21-17-36(21,33(51)46-59(54,55)23-9-10-23)45-30(49)26-16-22(56-31-25-11-12-27-29(24(25)13-14-44-31)58-38(42,43)57-27)18-47(26)32(50)28(20(2)15-19)48(34(52)53)35(3,4)37(39,40)41/h6,8,11-14,19-23,26,28H,5,7,9-10,15-18H2,1-4H3,(H,45,49)(H,46,51)(H,52,53)/b8-6-/t19-,20-,21-,22-,26+,28+,36-/m1/s1. The molecular weight excluding hydrogens is 814 g/mol. The van der Waals surface area contributed by atoms with Crippen molar-refractivity contribution < 1.29 is 68.9 Å². The molecule has 7 rings (SSSR count). The van der Waals surface area contributed by atoms with E-state index in [-0.39, 0.29) is 58.2 Å². The van der Waals surface area contributed by atoms with Crippen LogP contribution in [0, 0.1) is 17.8 Å². The maximum atomic E-state index is 15.0. The second kappa shape index (κ2) is 14.6. The smallest absolute Gasteiger partial charge is 0.472 e. The molecule has 15 nitrogen and oxygen atoms in total. The van der Waals surface area contributed by atoms with Crippen LogP contribution >= 0.6 is 0 Å². The van der Waals surface area contributed by atoms with Gasteiger partial charge in [0, 0.05) is 29.3 Å². The van der Waals surface area contributed by atoms with Crippen LogP contribution in [0.25, 0.3) is 10.8 Å². The van der Waals surface area contributed by atoms with E-state index in [0.29, 0.717) is 39.5 Å². The molecule has 0 bridgehead atoms. The number of fused-ring (bicyclic) bond motifs is 5. The maximum absolute atomic E-state index is 15.0. The lowest BCUT2D eigenvalue weighted by molar-refractivity contribution is -0.286. The van der Waals surface area contributed by atoms with Gasteiger partial charge in [0.2, 0.25) is 27.7 Å². The van der Waals surface area contributed by atoms with E-state index in [2.05, 4.69) is 19.8 Å². The SMILES string of the molecule is C[C@@H]1CC/C=C\[C@@H]2C[C@@]2(C(=O)NS(=O)(=O)C2CC2)NC(=O)[C@@H]2C[C@@H](Oc3nccc4c5c(ccc34)OC(F)(F)O5)CN2C(=O)[C@@H](N(C(=O)O)C(C)(C)C(F)(F)F)[C@H](C)C1. The Labute approximate surface area is 335 Å². The second-order valence-electron chi connectivity index (χ2n) is 16.7. The molecule has 3 fully saturated rings. The van der Waals surface area contributed by atoms with Gasteiger partial charge in [-0.05, 0) is 82.4 Å². The van der Waals surface area contributed by atoms with Crippen LogP contribution < -0.4 is 24.2 Å². The van der Waals surface area contributed by atoms with Crippen molar-refractivity contribution in [1.82, 2.24) is 24.8 Å². The van der Waals surface area contributed by atoms with Crippen LogP contribution in [0.2, 0.25) is 0 Å². The molecule has 59 heavy (non-hydrogen) atoms. The number of halogens is 5. The van der Waals surface area contributed by atoms with Gasteiger partial charge in [0.05, 0.1) is 11.8 Å². The minimum absolute atomic E-state index is 0.00128. The summed E-state index contributed by atoms with van der Waals surface area (Å²) in [7, 11) is -4.07. The Balaban J connectivity index is 1.29. The zero-order valence-electron chi connectivity index (χ0n) is 32.4. The van der Waals surface area contributed by atoms with E-state index < -0.39 is 99.2 Å². The highest BCUT2D eigenvalue weighted by Gasteiger charge is 2.63. The summed E-state index contributed by atoms with van der Waals surface area (Å²) in [5.74, 6) is -5.73. The van der Waals surface area contributed by atoms with Crippen molar-refractivity contribution in [3.63, 3.8) is 0 Å². The third kappa shape index (κ3) is 7.93. The number of aromatic nitrogens is 1. The molecule has 3 aliphatic heterocycles. The molecule has 3 N–H and O–H groups in total. The molecule has 0 radical (unpaired) electrons. The number of carbonyl (C=O) groups is 4. The molecule has 7 atom stereocenters. The Morgan fingerprint density at radius 2 is 1.78 bits per heavy atom. The number of hydrogen-bond donors (Lipinski definition) is 3. The molecule has 4 amide bonds. The number of carboxylic acid groups (broad SMARTS) is 1. The summed E-state index contributed by atoms with van der Waals surface area (Å²) in [5.41, 5.74) is -4.86. The highest BCUT2D eigenvalue weighted by Crippen LogP contribution is 2.48. The number of benzene rings is 1. The fourth-order valence-corrected chi connectivity index (χ4v) is 9.73. The van der Waals surface area contributed by atoms with Gasteiger partial charge in [-0.2, -0.15) is 13.2 Å². The predicted molar refractivity (Wildman–Crippen MR) is 197 cm³/mol. The summed E-state index contributed by atoms with van der Waals surface area (Å²) in [6.07, 6.45) is -6.27. The van der Waals surface area contributed by atoms with E-state index in [1.54, 1.807) is 19.1 Å². The van der Waals surface area contributed by atoms with Crippen LogP contribution in [0.1, 0.15) is 72.6 Å². The van der Waals surface area contributed by atoms with Gasteiger partial charge in [-0.1, -0.05) is 26.0 Å². The quantitative estimate of drug-likeness (QED) is 0.248. The van der Waals surface area contributed by atoms with Crippen LogP contribution in [0.3, 0.4) is 0 Å². The van der Waals surface area contributed by atoms with E-state index in [4.69, 9.17) is 9.47 Å². The Hall–Kier alpha value is -4.95. The van der Waals surface area contributed by atoms with Gasteiger partial charge >= 0.3 is 18.6 Å². The van der Waals surface area contributed by atoms with Crippen LogP contribution in [-0.2, 0) is 24.4 Å². The summed E-state index contributed by atoms with van der Waals surface area (Å²) in [6, 6.07) is 0.375. The Bertz CT molecular complexity index is 2200. The van der Waals surface area contributed by atoms with Crippen LogP contribution in [0.4, 0.5) is 26.7 Å². The number of alkyl halides is 5. The minimum Gasteiger partial charge on any atom is -0.472 e. The average molecular weight is 858 g/mol. The zero-order valence-corrected chi connectivity index (χ0v) is 33.2. The van der Waals surface area contributed by atoms with E-state index in [1.165, 1.54) is 31.3 Å². The van der Waals surface area contributed by atoms with Gasteiger partial charge in [-0.3, -0.25) is 24.0 Å². The normalized spacial score (nSPS) is 30.3. The first-order valence-electron chi connectivity index (χ1n) is 19.2. The fraction of sp³-hybridized carbons (Fsp3) is 0.605. The monoisotopic (exact) mass is 857 g/mol. The van der Waals surface area contributed by atoms with E-state index >= 15 is 0 Å². The first-order valence-corrected chi connectivity index (χ1v) is 20.8. The Morgan fingerprint density at radius 3 is 2.44 bits per heavy atom. The molecule has 2 aromatic rings. The Morgan fingerprint density at radius 1 is 1.07 bits per heavy atom. The molecule has 21 heteroatoms. The van der Waals surface area contributed by atoms with Gasteiger partial charge in [0.1, 0.15) is 29.3 Å². The lowest BCUT2D eigenvalue weighted by atomic mass is 9.85. The maximum Gasteiger partial charge on any atom is 0.586 e. The highest BCUT2D eigenvalue weighted by atomic mass is 32.2. The topological polar surface area (TPSA) is 194 Å². The van der Waals surface area contributed by atoms with Gasteiger partial charge < -0.3 is 29.5 Å². The second-order valence-corrected chi connectivity index (χ2v) is 18.6. The molecule has 2 saturated carbocycles. The number of allylic oxidation sites excluding steroid dienone is 1. The van der Waals surface area contributed by atoms with E-state index in [1.807, 2.05) is 0 Å². The van der Waals surface area contributed by atoms with Crippen molar-refractivity contribution >= 4 is 44.6 Å². The van der Waals surface area contributed by atoms with Crippen molar-refractivity contribution in [1.29, 1.82) is 0 Å². The van der Waals surface area contributed by atoms with E-state index in [9.17, 15) is 54.7 Å². The van der Waals surface area contributed by atoms with Crippen LogP contribution in [0.5, 0.6) is 17.4 Å². The minimum atomic E-state index is -5.15. The Kier molecular flexibility index (Phi) is 10.5. The van der Waals surface area contributed by atoms with Crippen molar-refractivity contribution in [3.05, 3.63) is 36.5 Å². The summed E-state index contributed by atoms with van der Waals surface area (Å²) in [5, 5.41) is 12.6. The molecule has 2 aliphatic carbocycles. The van der Waals surface area contributed by atoms with Crippen molar-refractivity contribution in [3.8, 4) is 17.4 Å². The summed E-state index contributed by atoms with van der Waals surface area (Å²) in [4.78, 5) is 61.3. The largest absolute Gasteiger partial charge is 0.586 e. The fourth-order valence-electron chi connectivity index (χ4n) is 8.37. The van der Waals surface area contributed by atoms with E-state index in [0.717, 1.165) is 4.90 Å². The number of rotatable bonds is 7. The van der Waals surface area contributed by atoms with Gasteiger partial charge in [0.15, 0.2) is 11.5 Å². The molecule has 0 spiro atoms. The molecule has 5 aliphatic rings. The van der Waals surface area contributed by atoms with Crippen LogP contribution in [0.15, 0.2) is 36.5 Å². The highest BCUT2D eigenvalue weighted by molar-refractivity contribution is 7.91.